The van der Waals surface area contributed by atoms with Gasteiger partial charge in [-0.05, 0) is 113 Å². The Morgan fingerprint density at radius 1 is 0.600 bits per heavy atom. The molecule has 0 nitrogen and oxygen atoms in total. The molecular formula is C30H48. The summed E-state index contributed by atoms with van der Waals surface area (Å²) in [5.41, 5.74) is 6.23. The number of hydrogen-bond acceptors (Lipinski definition) is 0. The lowest BCUT2D eigenvalue weighted by Crippen LogP contribution is -2.09. The molecule has 8 atom stereocenters. The van der Waals surface area contributed by atoms with Crippen LogP contribution in [0.5, 0.6) is 0 Å². The maximum Gasteiger partial charge on any atom is -0.00257 e. The van der Waals surface area contributed by atoms with Crippen LogP contribution in [0.15, 0.2) is 47.6 Å². The molecule has 0 radical (unpaired) electrons. The van der Waals surface area contributed by atoms with Gasteiger partial charge in [-0.15, -0.1) is 0 Å². The Morgan fingerprint density at radius 3 is 1.30 bits per heavy atom. The lowest BCUT2D eigenvalue weighted by Gasteiger charge is -2.18. The van der Waals surface area contributed by atoms with Crippen LogP contribution >= 0.6 is 0 Å². The molecule has 2 fully saturated rings. The van der Waals surface area contributed by atoms with Gasteiger partial charge in [0, 0.05) is 0 Å². The molecule has 0 aliphatic heterocycles. The van der Waals surface area contributed by atoms with Gasteiger partial charge in [-0.2, -0.15) is 0 Å². The smallest absolute Gasteiger partial charge is 0.00257 e. The molecule has 8 unspecified atom stereocenters. The van der Waals surface area contributed by atoms with Crippen LogP contribution in [-0.4, -0.2) is 0 Å². The number of hydrogen-bond donors (Lipinski definition) is 0. The van der Waals surface area contributed by atoms with Crippen LogP contribution in [-0.2, 0) is 0 Å². The average Bonchev–Trinajstić information content (AvgIpc) is 3.11. The fraction of sp³-hybridized carbons (Fsp3) is 0.733. The van der Waals surface area contributed by atoms with Gasteiger partial charge in [0.1, 0.15) is 0 Å². The SMILES string of the molecule is C=C(C)C1C=C2C(C)CCC2C(C)CC1.C=C(C)C1C=C2C(C)CCC2C(C)CC1. The minimum Gasteiger partial charge on any atom is -0.0995 e. The van der Waals surface area contributed by atoms with E-state index in [2.05, 4.69) is 66.9 Å². The van der Waals surface area contributed by atoms with E-state index in [0.29, 0.717) is 11.8 Å². The van der Waals surface area contributed by atoms with Gasteiger partial charge in [-0.3, -0.25) is 0 Å². The monoisotopic (exact) mass is 408 g/mol. The topological polar surface area (TPSA) is 0 Å². The summed E-state index contributed by atoms with van der Waals surface area (Å²) in [6, 6.07) is 0. The predicted molar refractivity (Wildman–Crippen MR) is 133 cm³/mol. The quantitative estimate of drug-likeness (QED) is 0.399. The van der Waals surface area contributed by atoms with Crippen LogP contribution in [0, 0.1) is 47.3 Å². The van der Waals surface area contributed by atoms with Crippen LogP contribution < -0.4 is 0 Å². The van der Waals surface area contributed by atoms with Gasteiger partial charge in [0.2, 0.25) is 0 Å². The zero-order chi connectivity index (χ0) is 22.0. The Hall–Kier alpha value is -1.04. The van der Waals surface area contributed by atoms with Gasteiger partial charge in [-0.25, -0.2) is 0 Å². The first-order chi connectivity index (χ1) is 14.2. The first-order valence-corrected chi connectivity index (χ1v) is 12.9. The van der Waals surface area contributed by atoms with Crippen LogP contribution in [0.4, 0.5) is 0 Å². The minimum absolute atomic E-state index is 0.660. The van der Waals surface area contributed by atoms with Crippen molar-refractivity contribution in [1.82, 2.24) is 0 Å². The van der Waals surface area contributed by atoms with Gasteiger partial charge < -0.3 is 0 Å². The van der Waals surface area contributed by atoms with Gasteiger partial charge >= 0.3 is 0 Å². The van der Waals surface area contributed by atoms with E-state index in [1.165, 1.54) is 62.5 Å². The van der Waals surface area contributed by atoms with Crippen LogP contribution in [0.2, 0.25) is 0 Å². The van der Waals surface area contributed by atoms with Crippen molar-refractivity contribution in [2.75, 3.05) is 0 Å². The Kier molecular flexibility index (Phi) is 7.92. The van der Waals surface area contributed by atoms with E-state index >= 15 is 0 Å². The van der Waals surface area contributed by atoms with E-state index in [1.54, 1.807) is 11.1 Å². The summed E-state index contributed by atoms with van der Waals surface area (Å²) in [7, 11) is 0. The number of rotatable bonds is 2. The molecule has 4 aliphatic carbocycles. The van der Waals surface area contributed by atoms with Crippen molar-refractivity contribution in [3.63, 3.8) is 0 Å². The first kappa shape index (κ1) is 23.6. The average molecular weight is 409 g/mol. The zero-order valence-corrected chi connectivity index (χ0v) is 20.8. The first-order valence-electron chi connectivity index (χ1n) is 12.9. The molecule has 0 aromatic rings. The zero-order valence-electron chi connectivity index (χ0n) is 20.8. The van der Waals surface area contributed by atoms with Crippen LogP contribution in [0.1, 0.15) is 92.9 Å². The molecule has 30 heavy (non-hydrogen) atoms. The van der Waals surface area contributed by atoms with E-state index < -0.39 is 0 Å². The van der Waals surface area contributed by atoms with Crippen molar-refractivity contribution >= 4 is 0 Å². The van der Waals surface area contributed by atoms with E-state index in [0.717, 1.165) is 35.5 Å². The van der Waals surface area contributed by atoms with E-state index in [4.69, 9.17) is 0 Å². The standard InChI is InChI=1S/2C15H24/c2*1-10(2)13-7-5-11(3)14-8-6-12(4)15(14)9-13/h2*9,11-14H,1,5-8H2,2-4H3. The second-order valence-corrected chi connectivity index (χ2v) is 11.5. The summed E-state index contributed by atoms with van der Waals surface area (Å²) in [6.07, 6.45) is 16.2. The molecule has 0 spiro atoms. The molecule has 0 bridgehead atoms. The Labute approximate surface area is 188 Å². The lowest BCUT2D eigenvalue weighted by molar-refractivity contribution is 0.384. The highest BCUT2D eigenvalue weighted by molar-refractivity contribution is 5.23. The van der Waals surface area contributed by atoms with Crippen molar-refractivity contribution < 1.29 is 0 Å². The minimum atomic E-state index is 0.660. The summed E-state index contributed by atoms with van der Waals surface area (Å²) >= 11 is 0. The normalized spacial score (nSPS) is 40.6. The summed E-state index contributed by atoms with van der Waals surface area (Å²) in [6.45, 7) is 22.3. The second kappa shape index (κ2) is 10.1. The van der Waals surface area contributed by atoms with Crippen molar-refractivity contribution in [3.05, 3.63) is 47.6 Å². The van der Waals surface area contributed by atoms with Crippen molar-refractivity contribution in [2.45, 2.75) is 92.9 Å². The van der Waals surface area contributed by atoms with Gasteiger partial charge in [0.15, 0.2) is 0 Å². The molecule has 0 N–H and O–H groups in total. The highest BCUT2D eigenvalue weighted by Crippen LogP contribution is 2.47. The third-order valence-corrected chi connectivity index (χ3v) is 9.11. The predicted octanol–water partition coefficient (Wildman–Crippen LogP) is 9.16. The highest BCUT2D eigenvalue weighted by Gasteiger charge is 2.35. The Morgan fingerprint density at radius 2 is 0.967 bits per heavy atom. The summed E-state index contributed by atoms with van der Waals surface area (Å²) in [5.74, 6) is 6.56. The van der Waals surface area contributed by atoms with Crippen LogP contribution in [0.25, 0.3) is 0 Å². The maximum atomic E-state index is 4.14. The summed E-state index contributed by atoms with van der Waals surface area (Å²) in [4.78, 5) is 0. The van der Waals surface area contributed by atoms with E-state index in [1.807, 2.05) is 0 Å². The summed E-state index contributed by atoms with van der Waals surface area (Å²) < 4.78 is 0. The molecule has 0 saturated heterocycles. The second-order valence-electron chi connectivity index (χ2n) is 11.5. The maximum absolute atomic E-state index is 4.14. The van der Waals surface area contributed by atoms with E-state index in [9.17, 15) is 0 Å². The molecule has 0 aromatic carbocycles. The van der Waals surface area contributed by atoms with Crippen molar-refractivity contribution in [2.24, 2.45) is 47.3 Å². The largest absolute Gasteiger partial charge is 0.0995 e. The van der Waals surface area contributed by atoms with Crippen molar-refractivity contribution in [3.8, 4) is 0 Å². The fourth-order valence-electron chi connectivity index (χ4n) is 6.75. The van der Waals surface area contributed by atoms with E-state index in [-0.39, 0.29) is 0 Å². The summed E-state index contributed by atoms with van der Waals surface area (Å²) in [5, 5.41) is 0. The van der Waals surface area contributed by atoms with Gasteiger partial charge in [0.05, 0.1) is 0 Å². The molecule has 0 aromatic heterocycles. The third-order valence-electron chi connectivity index (χ3n) is 9.11. The van der Waals surface area contributed by atoms with Crippen molar-refractivity contribution in [1.29, 1.82) is 0 Å². The lowest BCUT2D eigenvalue weighted by atomic mass is 9.87. The molecule has 0 amide bonds. The molecular weight excluding hydrogens is 360 g/mol. The highest BCUT2D eigenvalue weighted by atomic mass is 14.4. The molecule has 4 rings (SSSR count). The number of fused-ring (bicyclic) bond motifs is 2. The van der Waals surface area contributed by atoms with Crippen LogP contribution in [0.3, 0.4) is 0 Å². The van der Waals surface area contributed by atoms with Gasteiger partial charge in [0.25, 0.3) is 0 Å². The number of allylic oxidation sites excluding steroid dienone is 6. The molecule has 0 heteroatoms. The fourth-order valence-corrected chi connectivity index (χ4v) is 6.75. The molecule has 4 aliphatic rings. The Balaban J connectivity index is 0.000000171. The Bertz CT molecular complexity index is 629. The van der Waals surface area contributed by atoms with Gasteiger partial charge in [-0.1, -0.05) is 75.3 Å². The molecule has 0 heterocycles. The third kappa shape index (κ3) is 5.23. The molecule has 168 valence electrons. The molecule has 2 saturated carbocycles.